The van der Waals surface area contributed by atoms with Crippen LogP contribution < -0.4 is 15.8 Å². The molecular formula is C25H33ClN6O3. The lowest BCUT2D eigenvalue weighted by Crippen LogP contribution is -2.47. The highest BCUT2D eigenvalue weighted by Crippen LogP contribution is 2.29. The highest BCUT2D eigenvalue weighted by Gasteiger charge is 2.27. The number of likely N-dealkylation sites (tertiary alicyclic amines) is 2. The average Bonchev–Trinajstić information content (AvgIpc) is 3.39. The maximum atomic E-state index is 12.8. The highest BCUT2D eigenvalue weighted by atomic mass is 35.5. The Hall–Kier alpha value is -3.04. The van der Waals surface area contributed by atoms with Crippen molar-refractivity contribution in [2.75, 3.05) is 45.6 Å². The minimum atomic E-state index is -0.193. The lowest BCUT2D eigenvalue weighted by atomic mass is 9.94. The number of nitrogens with one attached hydrogen (secondary N) is 1. The zero-order valence-electron chi connectivity index (χ0n) is 20.0. The third-order valence-corrected chi connectivity index (χ3v) is 7.17. The van der Waals surface area contributed by atoms with Crippen LogP contribution in [-0.2, 0) is 4.79 Å². The van der Waals surface area contributed by atoms with Gasteiger partial charge in [-0.25, -0.2) is 4.98 Å². The number of piperidine rings is 2. The molecule has 3 heterocycles. The number of halogens is 1. The molecule has 9 nitrogen and oxygen atoms in total. The molecule has 0 radical (unpaired) electrons. The lowest BCUT2D eigenvalue weighted by molar-refractivity contribution is -0.127. The summed E-state index contributed by atoms with van der Waals surface area (Å²) in [5.41, 5.74) is 6.60. The van der Waals surface area contributed by atoms with Crippen molar-refractivity contribution in [3.8, 4) is 5.75 Å². The first-order valence-electron chi connectivity index (χ1n) is 12.0. The van der Waals surface area contributed by atoms with E-state index in [0.29, 0.717) is 27.9 Å². The monoisotopic (exact) mass is 500 g/mol. The molecule has 4 rings (SSSR count). The largest absolute Gasteiger partial charge is 0.496 e. The number of benzene rings is 1. The fourth-order valence-corrected chi connectivity index (χ4v) is 4.92. The minimum Gasteiger partial charge on any atom is -0.496 e. The van der Waals surface area contributed by atoms with Gasteiger partial charge in [0.25, 0.3) is 5.91 Å². The Morgan fingerprint density at radius 2 is 1.94 bits per heavy atom. The van der Waals surface area contributed by atoms with Gasteiger partial charge in [-0.05, 0) is 37.7 Å². The number of ether oxygens (including phenoxy) is 1. The molecule has 2 aliphatic heterocycles. The van der Waals surface area contributed by atoms with Gasteiger partial charge in [-0.1, -0.05) is 11.6 Å². The molecule has 1 aromatic carbocycles. The zero-order valence-corrected chi connectivity index (χ0v) is 20.8. The van der Waals surface area contributed by atoms with Crippen LogP contribution in [0.5, 0.6) is 5.75 Å². The fourth-order valence-electron chi connectivity index (χ4n) is 4.75. The van der Waals surface area contributed by atoms with Gasteiger partial charge in [0.1, 0.15) is 5.75 Å². The molecule has 0 spiro atoms. The Kier molecular flexibility index (Phi) is 8.30. The van der Waals surface area contributed by atoms with E-state index in [1.807, 2.05) is 4.90 Å². The first-order valence-corrected chi connectivity index (χ1v) is 12.4. The van der Waals surface area contributed by atoms with Gasteiger partial charge in [0, 0.05) is 69.5 Å². The van der Waals surface area contributed by atoms with Crippen molar-refractivity contribution in [2.24, 2.45) is 5.92 Å². The Labute approximate surface area is 210 Å². The molecule has 2 amide bonds. The molecule has 0 unspecified atom stereocenters. The van der Waals surface area contributed by atoms with Gasteiger partial charge in [-0.3, -0.25) is 9.59 Å². The molecule has 35 heavy (non-hydrogen) atoms. The van der Waals surface area contributed by atoms with Gasteiger partial charge in [-0.15, -0.1) is 0 Å². The van der Waals surface area contributed by atoms with Crippen LogP contribution in [-0.4, -0.2) is 77.0 Å². The van der Waals surface area contributed by atoms with E-state index < -0.39 is 0 Å². The van der Waals surface area contributed by atoms with Crippen molar-refractivity contribution in [3.05, 3.63) is 47.5 Å². The molecule has 2 aromatic rings. The summed E-state index contributed by atoms with van der Waals surface area (Å²) >= 11 is 6.11. The van der Waals surface area contributed by atoms with E-state index in [9.17, 15) is 9.59 Å². The number of nitrogens with two attached hydrogens (primary N) is 1. The molecule has 0 aliphatic carbocycles. The normalized spacial score (nSPS) is 18.2. The molecule has 2 aliphatic rings. The number of hydrogen-bond acceptors (Lipinski definition) is 6. The van der Waals surface area contributed by atoms with Crippen LogP contribution in [0, 0.1) is 5.92 Å². The average molecular weight is 501 g/mol. The number of carbonyl (C=O) groups is 2. The maximum Gasteiger partial charge on any atom is 0.255 e. The summed E-state index contributed by atoms with van der Waals surface area (Å²) in [6.07, 6.45) is 12.3. The van der Waals surface area contributed by atoms with Gasteiger partial charge >= 0.3 is 0 Å². The number of carbonyl (C=O) groups excluding carboxylic acids is 2. The first-order chi connectivity index (χ1) is 16.9. The van der Waals surface area contributed by atoms with Gasteiger partial charge in [0.15, 0.2) is 0 Å². The van der Waals surface area contributed by atoms with Crippen molar-refractivity contribution < 1.29 is 14.3 Å². The van der Waals surface area contributed by atoms with Crippen molar-refractivity contribution >= 4 is 35.3 Å². The molecule has 188 valence electrons. The van der Waals surface area contributed by atoms with E-state index in [2.05, 4.69) is 15.2 Å². The van der Waals surface area contributed by atoms with Gasteiger partial charge in [0.2, 0.25) is 5.91 Å². The van der Waals surface area contributed by atoms with E-state index in [4.69, 9.17) is 22.1 Å². The van der Waals surface area contributed by atoms with Crippen LogP contribution in [0.25, 0.3) is 6.20 Å². The predicted octanol–water partition coefficient (Wildman–Crippen LogP) is 2.73. The zero-order chi connectivity index (χ0) is 24.8. The van der Waals surface area contributed by atoms with Crippen molar-refractivity contribution in [1.82, 2.24) is 24.7 Å². The van der Waals surface area contributed by atoms with Crippen LogP contribution in [0.15, 0.2) is 36.9 Å². The lowest BCUT2D eigenvalue weighted by Gasteiger charge is -2.37. The predicted molar refractivity (Wildman–Crippen MR) is 136 cm³/mol. The second-order valence-corrected chi connectivity index (χ2v) is 9.62. The summed E-state index contributed by atoms with van der Waals surface area (Å²) in [5, 5.41) is 3.46. The Balaban J connectivity index is 1.19. The van der Waals surface area contributed by atoms with E-state index in [-0.39, 0.29) is 17.9 Å². The second-order valence-electron chi connectivity index (χ2n) is 9.22. The van der Waals surface area contributed by atoms with Crippen molar-refractivity contribution in [2.45, 2.75) is 31.7 Å². The Bertz CT molecular complexity index is 1040. The SMILES string of the molecule is COc1cc(N)c(Cl)cc1C(=O)NC1CCN(CC2CCN(C(=O)/C=C/n3ccnc3)CC2)CC1. The Morgan fingerprint density at radius 1 is 1.20 bits per heavy atom. The molecular weight excluding hydrogens is 468 g/mol. The Morgan fingerprint density at radius 3 is 2.60 bits per heavy atom. The van der Waals surface area contributed by atoms with Crippen LogP contribution >= 0.6 is 11.6 Å². The standard InChI is InChI=1S/C25H33ClN6O3/c1-35-23-15-22(27)21(26)14-20(23)25(34)29-19-4-8-30(9-5-19)16-18-2-11-32(12-3-18)24(33)6-10-31-13-7-28-17-31/h6-7,10,13-15,17-19H,2-5,8-9,11-12,16,27H2,1H3,(H,29,34)/b10-6+. The third kappa shape index (κ3) is 6.55. The number of anilines is 1. The fraction of sp³-hybridized carbons (Fsp3) is 0.480. The minimum absolute atomic E-state index is 0.0488. The number of amides is 2. The summed E-state index contributed by atoms with van der Waals surface area (Å²) in [6.45, 7) is 4.50. The molecule has 3 N–H and O–H groups in total. The number of nitrogens with zero attached hydrogens (tertiary/aromatic N) is 4. The number of rotatable bonds is 7. The van der Waals surface area contributed by atoms with Gasteiger partial charge in [-0.2, -0.15) is 0 Å². The van der Waals surface area contributed by atoms with Crippen molar-refractivity contribution in [1.29, 1.82) is 0 Å². The maximum absolute atomic E-state index is 12.8. The highest BCUT2D eigenvalue weighted by molar-refractivity contribution is 6.33. The smallest absolute Gasteiger partial charge is 0.255 e. The summed E-state index contributed by atoms with van der Waals surface area (Å²) < 4.78 is 7.07. The van der Waals surface area contributed by atoms with Gasteiger partial charge < -0.3 is 30.2 Å². The third-order valence-electron chi connectivity index (χ3n) is 6.84. The number of methoxy groups -OCH3 is 1. The van der Waals surface area contributed by atoms with E-state index >= 15 is 0 Å². The van der Waals surface area contributed by atoms with Crippen LogP contribution in [0.2, 0.25) is 5.02 Å². The van der Waals surface area contributed by atoms with E-state index in [1.165, 1.54) is 7.11 Å². The molecule has 0 atom stereocenters. The number of nitrogen functional groups attached to an aromatic ring is 1. The summed E-state index contributed by atoms with van der Waals surface area (Å²) in [7, 11) is 1.51. The van der Waals surface area contributed by atoms with E-state index in [1.54, 1.807) is 47.7 Å². The molecule has 0 saturated carbocycles. The number of hydrogen-bond donors (Lipinski definition) is 2. The topological polar surface area (TPSA) is 106 Å². The molecule has 0 bridgehead atoms. The van der Waals surface area contributed by atoms with Gasteiger partial charge in [0.05, 0.1) is 29.7 Å². The van der Waals surface area contributed by atoms with Crippen LogP contribution in [0.4, 0.5) is 5.69 Å². The second kappa shape index (κ2) is 11.6. The van der Waals surface area contributed by atoms with Crippen molar-refractivity contribution in [3.63, 3.8) is 0 Å². The van der Waals surface area contributed by atoms with E-state index in [0.717, 1.165) is 58.4 Å². The number of imidazole rings is 1. The quantitative estimate of drug-likeness (QED) is 0.447. The molecule has 2 saturated heterocycles. The summed E-state index contributed by atoms with van der Waals surface area (Å²) in [6, 6.07) is 3.25. The molecule has 2 fully saturated rings. The molecule has 1 aromatic heterocycles. The molecule has 10 heteroatoms. The summed E-state index contributed by atoms with van der Waals surface area (Å²) in [5.74, 6) is 0.863. The number of aromatic nitrogens is 2. The summed E-state index contributed by atoms with van der Waals surface area (Å²) in [4.78, 5) is 33.6. The van der Waals surface area contributed by atoms with Crippen LogP contribution in [0.1, 0.15) is 36.0 Å². The van der Waals surface area contributed by atoms with Crippen LogP contribution in [0.3, 0.4) is 0 Å². The first kappa shape index (κ1) is 25.1.